The molecular formula is C11H24N2O6S. The van der Waals surface area contributed by atoms with Crippen LogP contribution in [-0.4, -0.2) is 68.4 Å². The van der Waals surface area contributed by atoms with Crippen LogP contribution in [0.4, 0.5) is 0 Å². The first-order valence-corrected chi connectivity index (χ1v) is 7.49. The highest BCUT2D eigenvalue weighted by Crippen LogP contribution is 2.01. The Morgan fingerprint density at radius 1 is 1.35 bits per heavy atom. The third kappa shape index (κ3) is 12.1. The Balaban J connectivity index is 0. The van der Waals surface area contributed by atoms with E-state index in [1.54, 1.807) is 6.92 Å². The van der Waals surface area contributed by atoms with Crippen molar-refractivity contribution in [2.75, 3.05) is 39.5 Å². The molecule has 0 radical (unpaired) electrons. The number of nitrogens with zero attached hydrogens (tertiary/aromatic N) is 1. The molecule has 0 heterocycles. The van der Waals surface area contributed by atoms with Gasteiger partial charge in [0, 0.05) is 12.0 Å². The minimum atomic E-state index is -3.90. The molecule has 0 spiro atoms. The number of amides is 1. The first kappa shape index (κ1) is 21.3. The standard InChI is InChI=1S/C11H22N2O5S.H2O/c1-10(2)11(14)12-18-8-7-13(3,4)6-5-9-19(15,16)17;/h1,5-9H2,2-4H3,(H-,12,14,15,16,17);1H2. The molecule has 20 heavy (non-hydrogen) atoms. The van der Waals surface area contributed by atoms with Crippen LogP contribution in [0.25, 0.3) is 0 Å². The quantitative estimate of drug-likeness (QED) is 0.200. The van der Waals surface area contributed by atoms with E-state index in [1.807, 2.05) is 14.1 Å². The molecular weight excluding hydrogens is 288 g/mol. The number of likely N-dealkylation sites (N-methyl/N-ethyl adjacent to an activating group) is 1. The Kier molecular flexibility index (Phi) is 9.62. The van der Waals surface area contributed by atoms with Crippen molar-refractivity contribution in [2.24, 2.45) is 0 Å². The number of hydrogen-bond donors (Lipinski definition) is 2. The van der Waals surface area contributed by atoms with Crippen LogP contribution in [0, 0.1) is 0 Å². The summed E-state index contributed by atoms with van der Waals surface area (Å²) >= 11 is 0. The van der Waals surface area contributed by atoms with Gasteiger partial charge in [-0.15, -0.1) is 0 Å². The fourth-order valence-corrected chi connectivity index (χ4v) is 1.78. The van der Waals surface area contributed by atoms with E-state index in [-0.39, 0.29) is 17.1 Å². The summed E-state index contributed by atoms with van der Waals surface area (Å²) in [6.07, 6.45) is 0.365. The summed E-state index contributed by atoms with van der Waals surface area (Å²) in [5.41, 5.74) is 2.61. The summed E-state index contributed by atoms with van der Waals surface area (Å²) in [6.45, 7) is 6.53. The van der Waals surface area contributed by atoms with Gasteiger partial charge in [0.15, 0.2) is 0 Å². The van der Waals surface area contributed by atoms with E-state index in [0.29, 0.717) is 36.2 Å². The first-order valence-electron chi connectivity index (χ1n) is 5.88. The van der Waals surface area contributed by atoms with Gasteiger partial charge in [0.25, 0.3) is 16.0 Å². The van der Waals surface area contributed by atoms with Gasteiger partial charge in [-0.05, 0) is 6.92 Å². The summed E-state index contributed by atoms with van der Waals surface area (Å²) in [7, 11) is -0.0792. The maximum atomic E-state index is 11.1. The van der Waals surface area contributed by atoms with Gasteiger partial charge in [0.2, 0.25) is 0 Å². The smallest absolute Gasteiger partial charge is 0.269 e. The summed E-state index contributed by atoms with van der Waals surface area (Å²) in [4.78, 5) is 16.1. The summed E-state index contributed by atoms with van der Waals surface area (Å²) in [5.74, 6) is -0.612. The van der Waals surface area contributed by atoms with Crippen LogP contribution in [0.3, 0.4) is 0 Å². The lowest BCUT2D eigenvalue weighted by Gasteiger charge is -2.29. The Morgan fingerprint density at radius 2 is 1.90 bits per heavy atom. The largest absolute Gasteiger partial charge is 0.870 e. The van der Waals surface area contributed by atoms with Crippen molar-refractivity contribution in [1.82, 2.24) is 5.48 Å². The van der Waals surface area contributed by atoms with Crippen LogP contribution >= 0.6 is 0 Å². The van der Waals surface area contributed by atoms with Crippen molar-refractivity contribution in [3.8, 4) is 0 Å². The van der Waals surface area contributed by atoms with Crippen molar-refractivity contribution in [2.45, 2.75) is 13.3 Å². The van der Waals surface area contributed by atoms with Crippen LogP contribution in [-0.2, 0) is 19.8 Å². The van der Waals surface area contributed by atoms with Gasteiger partial charge < -0.3 is 9.96 Å². The topological polar surface area (TPSA) is 123 Å². The van der Waals surface area contributed by atoms with Gasteiger partial charge in [0.1, 0.15) is 13.2 Å². The lowest BCUT2D eigenvalue weighted by atomic mass is 10.3. The predicted molar refractivity (Wildman–Crippen MR) is 73.7 cm³/mol. The third-order valence-electron chi connectivity index (χ3n) is 2.52. The van der Waals surface area contributed by atoms with Crippen molar-refractivity contribution in [3.63, 3.8) is 0 Å². The number of rotatable bonds is 9. The zero-order chi connectivity index (χ0) is 15.1. The molecule has 8 nitrogen and oxygen atoms in total. The van der Waals surface area contributed by atoms with Gasteiger partial charge in [0.05, 0.1) is 26.4 Å². The van der Waals surface area contributed by atoms with E-state index in [4.69, 9.17) is 9.39 Å². The molecule has 0 aliphatic heterocycles. The van der Waals surface area contributed by atoms with Crippen molar-refractivity contribution >= 4 is 16.0 Å². The van der Waals surface area contributed by atoms with Crippen molar-refractivity contribution < 1.29 is 32.6 Å². The van der Waals surface area contributed by atoms with Gasteiger partial charge in [-0.2, -0.15) is 8.42 Å². The molecule has 0 aromatic heterocycles. The van der Waals surface area contributed by atoms with Gasteiger partial charge >= 0.3 is 0 Å². The van der Waals surface area contributed by atoms with Crippen LogP contribution in [0.5, 0.6) is 0 Å². The molecule has 0 aromatic rings. The average molecular weight is 312 g/mol. The maximum Gasteiger partial charge on any atom is 0.269 e. The molecule has 0 saturated heterocycles. The molecule has 0 aromatic carbocycles. The Labute approximate surface area is 120 Å². The number of quaternary nitrogens is 1. The molecule has 0 saturated carbocycles. The lowest BCUT2D eigenvalue weighted by Crippen LogP contribution is -2.44. The summed E-state index contributed by atoms with van der Waals surface area (Å²) in [5, 5.41) is 0. The monoisotopic (exact) mass is 312 g/mol. The molecule has 1 amide bonds. The molecule has 3 N–H and O–H groups in total. The number of hydrogen-bond acceptors (Lipinski definition) is 5. The van der Waals surface area contributed by atoms with Crippen molar-refractivity contribution in [3.05, 3.63) is 12.2 Å². The number of carbonyl (C=O) groups excluding carboxylic acids is 1. The van der Waals surface area contributed by atoms with Crippen LogP contribution in [0.1, 0.15) is 13.3 Å². The minimum Gasteiger partial charge on any atom is -0.870 e. The fourth-order valence-electron chi connectivity index (χ4n) is 1.28. The fraction of sp³-hybridized carbons (Fsp3) is 0.727. The second-order valence-electron chi connectivity index (χ2n) is 5.08. The lowest BCUT2D eigenvalue weighted by molar-refractivity contribution is -0.890. The van der Waals surface area contributed by atoms with Gasteiger partial charge in [-0.25, -0.2) is 5.48 Å². The molecule has 9 heteroatoms. The summed E-state index contributed by atoms with van der Waals surface area (Å²) < 4.78 is 30.3. The molecule has 0 aliphatic rings. The second-order valence-corrected chi connectivity index (χ2v) is 6.65. The average Bonchev–Trinajstić information content (AvgIpc) is 2.21. The Hall–Kier alpha value is -1.00. The van der Waals surface area contributed by atoms with Crippen LogP contribution < -0.4 is 5.48 Å². The molecule has 0 bridgehead atoms. The van der Waals surface area contributed by atoms with E-state index < -0.39 is 10.1 Å². The van der Waals surface area contributed by atoms with E-state index in [0.717, 1.165) is 0 Å². The SMILES string of the molecule is C=C(C)C(=O)NOCC[N+](C)(C)CCCS(=O)(=O)O.[OH-]. The van der Waals surface area contributed by atoms with Crippen LogP contribution in [0.15, 0.2) is 12.2 Å². The van der Waals surface area contributed by atoms with E-state index >= 15 is 0 Å². The highest BCUT2D eigenvalue weighted by atomic mass is 32.2. The third-order valence-corrected chi connectivity index (χ3v) is 3.32. The highest BCUT2D eigenvalue weighted by Gasteiger charge is 2.16. The second kappa shape index (κ2) is 9.03. The number of hydroxylamine groups is 1. The van der Waals surface area contributed by atoms with Crippen molar-refractivity contribution in [1.29, 1.82) is 0 Å². The normalized spacial score (nSPS) is 11.6. The van der Waals surface area contributed by atoms with Gasteiger partial charge in [-0.1, -0.05) is 6.58 Å². The Morgan fingerprint density at radius 3 is 2.35 bits per heavy atom. The highest BCUT2D eigenvalue weighted by molar-refractivity contribution is 7.85. The molecule has 0 unspecified atom stereocenters. The molecule has 120 valence electrons. The molecule has 0 rings (SSSR count). The van der Waals surface area contributed by atoms with E-state index in [9.17, 15) is 13.2 Å². The number of carbonyl (C=O) groups is 1. The summed E-state index contributed by atoms with van der Waals surface area (Å²) in [6, 6.07) is 0. The first-order chi connectivity index (χ1) is 8.53. The minimum absolute atomic E-state index is 0. The zero-order valence-corrected chi connectivity index (χ0v) is 12.9. The number of nitrogens with one attached hydrogen (secondary N) is 1. The zero-order valence-electron chi connectivity index (χ0n) is 12.1. The molecule has 0 atom stereocenters. The van der Waals surface area contributed by atoms with Crippen LogP contribution in [0.2, 0.25) is 0 Å². The predicted octanol–water partition coefficient (Wildman–Crippen LogP) is -0.212. The molecule has 0 aliphatic carbocycles. The van der Waals surface area contributed by atoms with Gasteiger partial charge in [-0.3, -0.25) is 14.2 Å². The maximum absolute atomic E-state index is 11.1. The Bertz CT molecular complexity index is 419. The van der Waals surface area contributed by atoms with E-state index in [2.05, 4.69) is 12.1 Å². The molecule has 0 fully saturated rings. The van der Waals surface area contributed by atoms with E-state index in [1.165, 1.54) is 0 Å².